The fraction of sp³-hybridized carbons (Fsp3) is 0.400. The average Bonchev–Trinajstić information content (AvgIpc) is 3.45. The van der Waals surface area contributed by atoms with Gasteiger partial charge < -0.3 is 10.6 Å². The highest BCUT2D eigenvalue weighted by molar-refractivity contribution is 6.31. The predicted molar refractivity (Wildman–Crippen MR) is 134 cm³/mol. The molecule has 12 heteroatoms. The number of carbonyl (C=O) groups excluding carboxylic acids is 1. The second-order valence-electron chi connectivity index (χ2n) is 10.3. The van der Waals surface area contributed by atoms with Crippen molar-refractivity contribution in [3.8, 4) is 6.07 Å². The van der Waals surface area contributed by atoms with Crippen molar-refractivity contribution in [1.29, 1.82) is 5.26 Å². The third kappa shape index (κ3) is 5.17. The van der Waals surface area contributed by atoms with E-state index in [0.717, 1.165) is 6.07 Å². The third-order valence-electron chi connectivity index (χ3n) is 6.55. The van der Waals surface area contributed by atoms with Gasteiger partial charge in [-0.05, 0) is 46.0 Å². The Hall–Kier alpha value is -3.13. The van der Waals surface area contributed by atoms with Crippen molar-refractivity contribution in [3.63, 3.8) is 0 Å². The van der Waals surface area contributed by atoms with Crippen molar-refractivity contribution in [1.82, 2.24) is 31.3 Å². The maximum Gasteiger partial charge on any atom is 0.238 e. The molecule has 194 valence electrons. The lowest BCUT2D eigenvalue weighted by atomic mass is 9.62. The van der Waals surface area contributed by atoms with E-state index in [0.29, 0.717) is 12.2 Å². The minimum absolute atomic E-state index is 0.0141. The Morgan fingerprint density at radius 1 is 1.24 bits per heavy atom. The smallest absolute Gasteiger partial charge is 0.238 e. The number of H-pyrrole nitrogens is 1. The van der Waals surface area contributed by atoms with Gasteiger partial charge in [-0.3, -0.25) is 4.79 Å². The zero-order chi connectivity index (χ0) is 27.0. The molecule has 0 radical (unpaired) electrons. The zero-order valence-corrected chi connectivity index (χ0v) is 21.8. The first kappa shape index (κ1) is 26.9. The molecular weight excluding hydrogens is 523 g/mol. The van der Waals surface area contributed by atoms with E-state index in [1.54, 1.807) is 0 Å². The van der Waals surface area contributed by atoms with Gasteiger partial charge in [0.1, 0.15) is 17.0 Å². The Morgan fingerprint density at radius 3 is 2.62 bits per heavy atom. The molecule has 0 spiro atoms. The van der Waals surface area contributed by atoms with E-state index < -0.39 is 41.0 Å². The molecule has 0 bridgehead atoms. The first-order valence-corrected chi connectivity index (χ1v) is 12.3. The van der Waals surface area contributed by atoms with E-state index in [2.05, 4.69) is 37.3 Å². The number of nitriles is 1. The van der Waals surface area contributed by atoms with Gasteiger partial charge in [-0.1, -0.05) is 62.2 Å². The monoisotopic (exact) mass is 547 g/mol. The number of carbonyl (C=O) groups is 1. The van der Waals surface area contributed by atoms with Crippen LogP contribution in [0.2, 0.25) is 10.0 Å². The zero-order valence-electron chi connectivity index (χ0n) is 20.3. The maximum atomic E-state index is 15.6. The summed E-state index contributed by atoms with van der Waals surface area (Å²) in [6.45, 7) is 5.87. The number of tetrazole rings is 1. The number of aromatic nitrogens is 4. The van der Waals surface area contributed by atoms with Crippen molar-refractivity contribution >= 4 is 29.1 Å². The Bertz CT molecular complexity index is 1340. The van der Waals surface area contributed by atoms with E-state index in [9.17, 15) is 10.1 Å². The Labute approximate surface area is 222 Å². The molecule has 0 unspecified atom stereocenters. The number of halogens is 4. The van der Waals surface area contributed by atoms with Gasteiger partial charge in [0.15, 0.2) is 5.82 Å². The molecule has 3 N–H and O–H groups in total. The average molecular weight is 548 g/mol. The molecule has 1 saturated heterocycles. The summed E-state index contributed by atoms with van der Waals surface area (Å²) in [5.74, 6) is -2.88. The fourth-order valence-electron chi connectivity index (χ4n) is 5.09. The van der Waals surface area contributed by atoms with E-state index in [1.165, 1.54) is 30.3 Å². The molecule has 4 rings (SSSR count). The van der Waals surface area contributed by atoms with Crippen molar-refractivity contribution in [2.24, 2.45) is 5.41 Å². The molecule has 8 nitrogen and oxygen atoms in total. The topological polar surface area (TPSA) is 119 Å². The van der Waals surface area contributed by atoms with Crippen LogP contribution in [0.4, 0.5) is 8.78 Å². The summed E-state index contributed by atoms with van der Waals surface area (Å²) in [4.78, 5) is 13.6. The number of amides is 1. The second kappa shape index (κ2) is 10.3. The fourth-order valence-corrected chi connectivity index (χ4v) is 5.43. The van der Waals surface area contributed by atoms with Gasteiger partial charge >= 0.3 is 0 Å². The van der Waals surface area contributed by atoms with Crippen LogP contribution in [-0.4, -0.2) is 38.6 Å². The number of rotatable bonds is 6. The summed E-state index contributed by atoms with van der Waals surface area (Å²) in [5, 5.41) is 30.0. The molecule has 1 aliphatic heterocycles. The summed E-state index contributed by atoms with van der Waals surface area (Å²) < 4.78 is 31.1. The van der Waals surface area contributed by atoms with E-state index >= 15 is 8.78 Å². The van der Waals surface area contributed by atoms with Gasteiger partial charge in [0.2, 0.25) is 5.91 Å². The van der Waals surface area contributed by atoms with Crippen LogP contribution in [0, 0.1) is 28.4 Å². The number of hydrogen-bond acceptors (Lipinski definition) is 6. The molecule has 0 aliphatic carbocycles. The Kier molecular flexibility index (Phi) is 7.51. The molecule has 2 aromatic carbocycles. The standard InChI is InChI=1S/C25H25Cl2F2N7O/c1-24(2,3)10-18-25(12-30,15-8-7-13(26)9-17(15)28)20(14-5-4-6-16(27)21(14)29)22(32-18)23(37)31-11-19-33-35-36-34-19/h4-9,18,20,22,32H,10-11H2,1-3H3,(H,31,37)(H,33,34,35,36)/t18-,20-,22+,25-/m0/s1. The van der Waals surface area contributed by atoms with Crippen LogP contribution in [-0.2, 0) is 16.8 Å². The summed E-state index contributed by atoms with van der Waals surface area (Å²) in [5.41, 5.74) is -1.99. The lowest BCUT2D eigenvalue weighted by Gasteiger charge is -2.37. The number of aromatic amines is 1. The van der Waals surface area contributed by atoms with Crippen LogP contribution in [0.25, 0.3) is 0 Å². The summed E-state index contributed by atoms with van der Waals surface area (Å²) in [6.07, 6.45) is 0.372. The molecule has 4 atom stereocenters. The Balaban J connectivity index is 1.92. The van der Waals surface area contributed by atoms with Crippen molar-refractivity contribution in [2.75, 3.05) is 0 Å². The number of hydrogen-bond donors (Lipinski definition) is 3. The van der Waals surface area contributed by atoms with E-state index in [4.69, 9.17) is 23.2 Å². The van der Waals surface area contributed by atoms with E-state index in [1.807, 2.05) is 20.8 Å². The van der Waals surface area contributed by atoms with Gasteiger partial charge in [-0.25, -0.2) is 13.9 Å². The molecule has 0 saturated carbocycles. The molecule has 1 amide bonds. The van der Waals surface area contributed by atoms with Crippen LogP contribution in [0.1, 0.15) is 50.1 Å². The lowest BCUT2D eigenvalue weighted by Crippen LogP contribution is -2.45. The summed E-state index contributed by atoms with van der Waals surface area (Å²) in [7, 11) is 0. The Morgan fingerprint density at radius 2 is 2.00 bits per heavy atom. The minimum atomic E-state index is -1.69. The molecule has 2 heterocycles. The van der Waals surface area contributed by atoms with E-state index in [-0.39, 0.29) is 33.1 Å². The summed E-state index contributed by atoms with van der Waals surface area (Å²) >= 11 is 12.2. The number of benzene rings is 2. The molecule has 1 fully saturated rings. The van der Waals surface area contributed by atoms with Gasteiger partial charge in [-0.15, -0.1) is 5.10 Å². The van der Waals surface area contributed by atoms with Crippen LogP contribution in [0.15, 0.2) is 36.4 Å². The highest BCUT2D eigenvalue weighted by Gasteiger charge is 2.61. The first-order chi connectivity index (χ1) is 17.5. The molecule has 37 heavy (non-hydrogen) atoms. The number of nitrogens with zero attached hydrogens (tertiary/aromatic N) is 4. The highest BCUT2D eigenvalue weighted by Crippen LogP contribution is 2.52. The molecule has 3 aromatic rings. The highest BCUT2D eigenvalue weighted by atomic mass is 35.5. The third-order valence-corrected chi connectivity index (χ3v) is 7.08. The molecule has 1 aliphatic rings. The van der Waals surface area contributed by atoms with Crippen LogP contribution >= 0.6 is 23.2 Å². The van der Waals surface area contributed by atoms with Crippen molar-refractivity contribution in [2.45, 2.75) is 57.2 Å². The summed E-state index contributed by atoms with van der Waals surface area (Å²) in [6, 6.07) is 8.83. The van der Waals surface area contributed by atoms with Gasteiger partial charge in [0.05, 0.1) is 23.7 Å². The van der Waals surface area contributed by atoms with Crippen LogP contribution in [0.3, 0.4) is 0 Å². The molecular formula is C25H25Cl2F2N7O. The maximum absolute atomic E-state index is 15.6. The van der Waals surface area contributed by atoms with Crippen LogP contribution < -0.4 is 10.6 Å². The first-order valence-electron chi connectivity index (χ1n) is 11.5. The van der Waals surface area contributed by atoms with Gasteiger partial charge in [0.25, 0.3) is 0 Å². The lowest BCUT2D eigenvalue weighted by molar-refractivity contribution is -0.123. The SMILES string of the molecule is CC(C)(C)C[C@@H]1N[C@@H](C(=O)NCc2nnn[nH]2)[C@H](c2cccc(Cl)c2F)[C@@]1(C#N)c1ccc(Cl)cc1F. The molecule has 1 aromatic heterocycles. The number of nitrogens with one attached hydrogen (secondary N) is 3. The second-order valence-corrected chi connectivity index (χ2v) is 11.1. The van der Waals surface area contributed by atoms with Crippen molar-refractivity contribution < 1.29 is 13.6 Å². The normalized spacial score (nSPS) is 23.6. The minimum Gasteiger partial charge on any atom is -0.347 e. The predicted octanol–water partition coefficient (Wildman–Crippen LogP) is 4.42. The quantitative estimate of drug-likeness (QED) is 0.420. The van der Waals surface area contributed by atoms with Crippen LogP contribution in [0.5, 0.6) is 0 Å². The van der Waals surface area contributed by atoms with Gasteiger partial charge in [-0.2, -0.15) is 5.26 Å². The van der Waals surface area contributed by atoms with Crippen molar-refractivity contribution in [3.05, 3.63) is 75.0 Å². The largest absolute Gasteiger partial charge is 0.347 e. The van der Waals surface area contributed by atoms with Gasteiger partial charge in [0, 0.05) is 22.5 Å².